The van der Waals surface area contributed by atoms with Crippen LogP contribution in [0.25, 0.3) is 0 Å². The number of rotatable bonds is 11. The van der Waals surface area contributed by atoms with Crippen LogP contribution < -0.4 is 0 Å². The maximum absolute atomic E-state index is 10.8. The van der Waals surface area contributed by atoms with Gasteiger partial charge >= 0.3 is 0 Å². The van der Waals surface area contributed by atoms with Crippen molar-refractivity contribution in [3.05, 3.63) is 0 Å². The lowest BCUT2D eigenvalue weighted by Gasteiger charge is -2.29. The van der Waals surface area contributed by atoms with Crippen molar-refractivity contribution in [2.75, 3.05) is 39.6 Å². The quantitative estimate of drug-likeness (QED) is 0.351. The summed E-state index contributed by atoms with van der Waals surface area (Å²) in [4.78, 5) is 10.8. The minimum Gasteiger partial charge on any atom is -0.431 e. The van der Waals surface area contributed by atoms with Crippen LogP contribution in [0.5, 0.6) is 0 Å². The molecule has 0 aromatic rings. The molecule has 2 aliphatic rings. The molecule has 0 bridgehead atoms. The first-order valence-corrected chi connectivity index (χ1v) is 9.65. The van der Waals surface area contributed by atoms with Gasteiger partial charge in [0.2, 0.25) is 0 Å². The van der Waals surface area contributed by atoms with Crippen LogP contribution in [0.1, 0.15) is 13.8 Å². The van der Waals surface area contributed by atoms with Gasteiger partial charge in [0, 0.05) is 13.2 Å². The van der Waals surface area contributed by atoms with E-state index in [0.717, 1.165) is 25.3 Å². The van der Waals surface area contributed by atoms with Crippen molar-refractivity contribution in [2.24, 2.45) is 0 Å². The van der Waals surface area contributed by atoms with Gasteiger partial charge < -0.3 is 23.7 Å². The average molecular weight is 290 g/mol. The van der Waals surface area contributed by atoms with E-state index in [1.165, 1.54) is 0 Å². The van der Waals surface area contributed by atoms with E-state index in [0.29, 0.717) is 44.2 Å². The Hall–Kier alpha value is 0.0169. The zero-order chi connectivity index (χ0) is 13.7. The normalized spacial score (nSPS) is 28.4. The van der Waals surface area contributed by atoms with Crippen molar-refractivity contribution in [1.29, 1.82) is 0 Å². The monoisotopic (exact) mass is 290 g/mol. The summed E-state index contributed by atoms with van der Waals surface area (Å²) in [7, 11) is -2.26. The van der Waals surface area contributed by atoms with Crippen molar-refractivity contribution in [1.82, 2.24) is 0 Å². The van der Waals surface area contributed by atoms with Crippen molar-refractivity contribution in [3.8, 4) is 0 Å². The highest BCUT2D eigenvalue weighted by Gasteiger charge is 2.35. The highest BCUT2D eigenvalue weighted by Crippen LogP contribution is 2.27. The molecule has 0 aromatic carbocycles. The van der Waals surface area contributed by atoms with E-state index in [4.69, 9.17) is 18.9 Å². The molecule has 0 aliphatic carbocycles. The first-order chi connectivity index (χ1) is 9.10. The van der Waals surface area contributed by atoms with Crippen LogP contribution in [-0.2, 0) is 18.9 Å². The predicted octanol–water partition coefficient (Wildman–Crippen LogP) is 1.16. The summed E-state index contributed by atoms with van der Waals surface area (Å²) in [6, 6.07) is 1.56. The molecule has 2 aliphatic heterocycles. The van der Waals surface area contributed by atoms with E-state index in [9.17, 15) is 4.80 Å². The maximum atomic E-state index is 10.8. The summed E-state index contributed by atoms with van der Waals surface area (Å²) < 4.78 is 21.3. The van der Waals surface area contributed by atoms with Gasteiger partial charge in [-0.2, -0.15) is 0 Å². The van der Waals surface area contributed by atoms with E-state index in [1.807, 2.05) is 0 Å². The molecule has 112 valence electrons. The standard InChI is InChI=1S/C13H26O5Si/c1-11(2)19(14,5-3-15-7-12-9-17-12)6-4-16-8-13-10-18-13/h11-14H,3-10H2,1-2H3. The van der Waals surface area contributed by atoms with Crippen LogP contribution >= 0.6 is 0 Å². The number of epoxide rings is 2. The third kappa shape index (κ3) is 5.89. The lowest BCUT2D eigenvalue weighted by molar-refractivity contribution is 0.119. The molecule has 2 atom stereocenters. The first-order valence-electron chi connectivity index (χ1n) is 7.21. The Morgan fingerprint density at radius 1 is 1.05 bits per heavy atom. The highest BCUT2D eigenvalue weighted by molar-refractivity contribution is 6.73. The summed E-state index contributed by atoms with van der Waals surface area (Å²) in [5, 5.41) is 0. The van der Waals surface area contributed by atoms with Crippen LogP contribution in [0.15, 0.2) is 0 Å². The highest BCUT2D eigenvalue weighted by atomic mass is 28.4. The molecular weight excluding hydrogens is 264 g/mol. The summed E-state index contributed by atoms with van der Waals surface area (Å²) in [5.74, 6) is 0. The van der Waals surface area contributed by atoms with Gasteiger partial charge in [0.1, 0.15) is 12.2 Å². The largest absolute Gasteiger partial charge is 0.431 e. The Kier molecular flexibility index (Phi) is 5.80. The van der Waals surface area contributed by atoms with Gasteiger partial charge in [-0.3, -0.25) is 0 Å². The Morgan fingerprint density at radius 2 is 1.47 bits per heavy atom. The van der Waals surface area contributed by atoms with Crippen LogP contribution in [0, 0.1) is 0 Å². The molecule has 5 nitrogen and oxygen atoms in total. The van der Waals surface area contributed by atoms with Gasteiger partial charge in [-0.1, -0.05) is 13.8 Å². The first kappa shape index (κ1) is 15.4. The maximum Gasteiger partial charge on any atom is 0.195 e. The summed E-state index contributed by atoms with van der Waals surface area (Å²) in [5.41, 5.74) is 0.328. The zero-order valence-corrected chi connectivity index (χ0v) is 13.0. The summed E-state index contributed by atoms with van der Waals surface area (Å²) in [6.07, 6.45) is 0.603. The topological polar surface area (TPSA) is 63.8 Å². The number of ether oxygens (including phenoxy) is 4. The molecule has 0 amide bonds. The number of hydrogen-bond acceptors (Lipinski definition) is 5. The van der Waals surface area contributed by atoms with Gasteiger partial charge in [-0.15, -0.1) is 0 Å². The second-order valence-corrected chi connectivity index (χ2v) is 10.2. The fraction of sp³-hybridized carbons (Fsp3) is 1.00. The molecule has 0 aromatic heterocycles. The van der Waals surface area contributed by atoms with E-state index < -0.39 is 8.32 Å². The lowest BCUT2D eigenvalue weighted by atomic mass is 10.5. The molecule has 2 unspecified atom stereocenters. The molecule has 6 heteroatoms. The molecule has 0 saturated carbocycles. The second-order valence-electron chi connectivity index (χ2n) is 5.82. The van der Waals surface area contributed by atoms with Gasteiger partial charge in [-0.25, -0.2) is 0 Å². The third-order valence-electron chi connectivity index (χ3n) is 3.85. The Balaban J connectivity index is 1.58. The summed E-state index contributed by atoms with van der Waals surface area (Å²) in [6.45, 7) is 8.43. The van der Waals surface area contributed by atoms with E-state index in [2.05, 4.69) is 13.8 Å². The van der Waals surface area contributed by atoms with Crippen molar-refractivity contribution < 1.29 is 23.7 Å². The van der Waals surface area contributed by atoms with Gasteiger partial charge in [0.25, 0.3) is 0 Å². The number of hydrogen-bond donors (Lipinski definition) is 1. The Morgan fingerprint density at radius 3 is 1.79 bits per heavy atom. The molecule has 0 radical (unpaired) electrons. The smallest absolute Gasteiger partial charge is 0.195 e. The van der Waals surface area contributed by atoms with Crippen LogP contribution in [0.3, 0.4) is 0 Å². The van der Waals surface area contributed by atoms with E-state index in [1.54, 1.807) is 0 Å². The van der Waals surface area contributed by atoms with E-state index in [-0.39, 0.29) is 0 Å². The van der Waals surface area contributed by atoms with Crippen molar-refractivity contribution in [3.63, 3.8) is 0 Å². The van der Waals surface area contributed by atoms with Crippen LogP contribution in [0.4, 0.5) is 0 Å². The van der Waals surface area contributed by atoms with Crippen LogP contribution in [-0.4, -0.2) is 65.0 Å². The minimum atomic E-state index is -2.26. The average Bonchev–Trinajstić information content (AvgIpc) is 3.25. The minimum absolute atomic E-state index is 0.302. The SMILES string of the molecule is CC(C)[Si](O)(CCOCC1CO1)CCOCC1CO1. The lowest BCUT2D eigenvalue weighted by Crippen LogP contribution is -2.40. The molecule has 1 N–H and O–H groups in total. The van der Waals surface area contributed by atoms with Gasteiger partial charge in [0.05, 0.1) is 26.4 Å². The van der Waals surface area contributed by atoms with Crippen molar-refractivity contribution in [2.45, 2.75) is 43.7 Å². The molecule has 2 rings (SSSR count). The zero-order valence-electron chi connectivity index (χ0n) is 12.0. The van der Waals surface area contributed by atoms with Crippen LogP contribution in [0.2, 0.25) is 17.6 Å². The van der Waals surface area contributed by atoms with Crippen molar-refractivity contribution >= 4 is 8.32 Å². The predicted molar refractivity (Wildman–Crippen MR) is 73.8 cm³/mol. The molecule has 19 heavy (non-hydrogen) atoms. The molecule has 0 spiro atoms. The molecule has 2 saturated heterocycles. The second kappa shape index (κ2) is 7.15. The summed E-state index contributed by atoms with van der Waals surface area (Å²) >= 11 is 0. The fourth-order valence-corrected chi connectivity index (χ4v) is 4.36. The Labute approximate surface area is 116 Å². The molecular formula is C13H26O5Si. The van der Waals surface area contributed by atoms with Gasteiger partial charge in [-0.05, 0) is 17.6 Å². The van der Waals surface area contributed by atoms with E-state index >= 15 is 0 Å². The van der Waals surface area contributed by atoms with Gasteiger partial charge in [0.15, 0.2) is 8.32 Å². The molecule has 2 fully saturated rings. The fourth-order valence-electron chi connectivity index (χ4n) is 1.96. The molecule has 2 heterocycles. The Bertz CT molecular complexity index is 246. The third-order valence-corrected chi connectivity index (χ3v) is 8.13.